The summed E-state index contributed by atoms with van der Waals surface area (Å²) in [5.74, 6) is -0.805. The molecule has 14 nitrogen and oxygen atoms in total. The van der Waals surface area contributed by atoms with Crippen molar-refractivity contribution in [3.8, 4) is 11.5 Å². The van der Waals surface area contributed by atoms with Crippen LogP contribution in [0.4, 0.5) is 16.2 Å². The van der Waals surface area contributed by atoms with E-state index in [1.54, 1.807) is 0 Å². The van der Waals surface area contributed by atoms with Gasteiger partial charge in [0.25, 0.3) is 11.4 Å². The molecule has 0 aliphatic rings. The Hall–Kier alpha value is -6.31. The van der Waals surface area contributed by atoms with E-state index in [4.69, 9.17) is 14.2 Å². The second-order valence-corrected chi connectivity index (χ2v) is 9.40. The molecule has 1 atom stereocenters. The molecule has 1 amide bonds. The molecule has 0 radical (unpaired) electrons. The van der Waals surface area contributed by atoms with E-state index in [-0.39, 0.29) is 43.4 Å². The number of ketones is 1. The highest BCUT2D eigenvalue weighted by atomic mass is 16.6. The molecule has 4 aromatic carbocycles. The number of hydrogen-bond acceptors (Lipinski definition) is 10. The van der Waals surface area contributed by atoms with Crippen molar-refractivity contribution in [2.75, 3.05) is 13.2 Å². The number of carbonyl (C=O) groups is 3. The van der Waals surface area contributed by atoms with Crippen LogP contribution in [0.25, 0.3) is 0 Å². The number of ether oxygens (including phenoxy) is 3. The standard InChI is InChI=1S/C17H17NO4.C15H12N2O7/c19-16(20)15(11-13-7-3-1-4-8-13)18-17(21)22-12-14-9-5-2-6-10-14;18-13(9-23-14-5-1-11(2-6-14)16(19)20)10-24-15-7-3-12(4-8-15)17(21)22/h1-10,15H,11-12H2,(H,18,21)(H,19,20);1-8H,9-10H2/t15-;/m0./s1. The van der Waals surface area contributed by atoms with Crippen LogP contribution in [0.2, 0.25) is 0 Å². The van der Waals surface area contributed by atoms with Crippen molar-refractivity contribution in [1.29, 1.82) is 0 Å². The number of alkyl carbamates (subject to hydrolysis) is 1. The molecule has 2 N–H and O–H groups in total. The lowest BCUT2D eigenvalue weighted by Gasteiger charge is -2.14. The van der Waals surface area contributed by atoms with Gasteiger partial charge >= 0.3 is 12.1 Å². The molecule has 46 heavy (non-hydrogen) atoms. The minimum absolute atomic E-state index is 0.0739. The molecular formula is C32H29N3O11. The molecule has 0 bridgehead atoms. The molecule has 0 fully saturated rings. The highest BCUT2D eigenvalue weighted by molar-refractivity contribution is 5.81. The van der Waals surface area contributed by atoms with Gasteiger partial charge in [0.2, 0.25) is 5.78 Å². The molecule has 4 aromatic rings. The van der Waals surface area contributed by atoms with Crippen molar-refractivity contribution >= 4 is 29.2 Å². The Morgan fingerprint density at radius 3 is 1.52 bits per heavy atom. The van der Waals surface area contributed by atoms with Crippen LogP contribution in [0.1, 0.15) is 11.1 Å². The maximum absolute atomic E-state index is 11.7. The van der Waals surface area contributed by atoms with Crippen LogP contribution in [0.15, 0.2) is 109 Å². The van der Waals surface area contributed by atoms with Crippen LogP contribution < -0.4 is 14.8 Å². The van der Waals surface area contributed by atoms with Crippen molar-refractivity contribution < 1.29 is 43.5 Å². The average molecular weight is 632 g/mol. The summed E-state index contributed by atoms with van der Waals surface area (Å²) in [5.41, 5.74) is 1.52. The summed E-state index contributed by atoms with van der Waals surface area (Å²) in [5, 5.41) is 32.6. The Morgan fingerprint density at radius 1 is 0.674 bits per heavy atom. The maximum atomic E-state index is 11.7. The number of nitrogens with one attached hydrogen (secondary N) is 1. The minimum atomic E-state index is -1.10. The number of hydrogen-bond donors (Lipinski definition) is 2. The maximum Gasteiger partial charge on any atom is 0.408 e. The zero-order chi connectivity index (χ0) is 33.3. The molecule has 0 spiro atoms. The van der Waals surface area contributed by atoms with Gasteiger partial charge in [0.1, 0.15) is 37.4 Å². The SMILES string of the molecule is O=C(COc1ccc([N+](=O)[O-])cc1)COc1ccc([N+](=O)[O-])cc1.O=C(N[C@@H](Cc1ccccc1)C(=O)O)OCc1ccccc1. The van der Waals surface area contributed by atoms with E-state index in [9.17, 15) is 39.7 Å². The number of nitro groups is 2. The van der Waals surface area contributed by atoms with Crippen molar-refractivity contribution in [3.05, 3.63) is 141 Å². The van der Waals surface area contributed by atoms with Crippen molar-refractivity contribution in [2.24, 2.45) is 0 Å². The van der Waals surface area contributed by atoms with Gasteiger partial charge in [0.15, 0.2) is 0 Å². The summed E-state index contributed by atoms with van der Waals surface area (Å²) in [6.07, 6.45) is -0.538. The molecule has 0 aliphatic carbocycles. The number of carboxylic acid groups (broad SMARTS) is 1. The summed E-state index contributed by atoms with van der Waals surface area (Å²) in [6.45, 7) is -0.417. The predicted octanol–water partition coefficient (Wildman–Crippen LogP) is 5.14. The van der Waals surface area contributed by atoms with Crippen LogP contribution in [-0.2, 0) is 27.4 Å². The first-order valence-corrected chi connectivity index (χ1v) is 13.6. The molecule has 238 valence electrons. The fraction of sp³-hybridized carbons (Fsp3) is 0.156. The third kappa shape index (κ3) is 12.1. The van der Waals surface area contributed by atoms with Crippen LogP contribution in [0, 0.1) is 20.2 Å². The van der Waals surface area contributed by atoms with Gasteiger partial charge < -0.3 is 24.6 Å². The summed E-state index contributed by atoms with van der Waals surface area (Å²) >= 11 is 0. The number of non-ortho nitro benzene ring substituents is 2. The molecule has 0 saturated heterocycles. The molecule has 0 aliphatic heterocycles. The Balaban J connectivity index is 0.000000251. The predicted molar refractivity (Wildman–Crippen MR) is 164 cm³/mol. The van der Waals surface area contributed by atoms with Crippen molar-refractivity contribution in [1.82, 2.24) is 5.32 Å². The summed E-state index contributed by atoms with van der Waals surface area (Å²) in [4.78, 5) is 54.6. The lowest BCUT2D eigenvalue weighted by molar-refractivity contribution is -0.385. The van der Waals surface area contributed by atoms with E-state index < -0.39 is 28.0 Å². The molecule has 0 unspecified atom stereocenters. The lowest BCUT2D eigenvalue weighted by atomic mass is 10.1. The van der Waals surface area contributed by atoms with Crippen LogP contribution in [0.5, 0.6) is 11.5 Å². The Morgan fingerprint density at radius 2 is 1.11 bits per heavy atom. The fourth-order valence-corrected chi connectivity index (χ4v) is 3.65. The van der Waals surface area contributed by atoms with Gasteiger partial charge in [0.05, 0.1) is 9.85 Å². The van der Waals surface area contributed by atoms with Gasteiger partial charge in [-0.1, -0.05) is 60.7 Å². The second-order valence-electron chi connectivity index (χ2n) is 9.40. The first-order chi connectivity index (χ1) is 22.1. The number of amides is 1. The average Bonchev–Trinajstić information content (AvgIpc) is 3.06. The molecule has 0 aromatic heterocycles. The molecule has 14 heteroatoms. The van der Waals surface area contributed by atoms with E-state index in [0.717, 1.165) is 11.1 Å². The van der Waals surface area contributed by atoms with Crippen LogP contribution in [0.3, 0.4) is 0 Å². The quantitative estimate of drug-likeness (QED) is 0.138. The largest absolute Gasteiger partial charge is 0.486 e. The van der Waals surface area contributed by atoms with Gasteiger partial charge in [-0.3, -0.25) is 25.0 Å². The number of benzene rings is 4. The number of carbonyl (C=O) groups excluding carboxylic acids is 2. The van der Waals surface area contributed by atoms with Crippen LogP contribution in [-0.4, -0.2) is 52.1 Å². The Kier molecular flexibility index (Phi) is 13.2. The molecule has 4 rings (SSSR count). The third-order valence-corrected chi connectivity index (χ3v) is 5.98. The number of aliphatic carboxylic acids is 1. The summed E-state index contributed by atoms with van der Waals surface area (Å²) in [7, 11) is 0. The van der Waals surface area contributed by atoms with Gasteiger partial charge in [0, 0.05) is 30.7 Å². The topological polar surface area (TPSA) is 197 Å². The second kappa shape index (κ2) is 17.7. The monoisotopic (exact) mass is 631 g/mol. The molecule has 0 saturated carbocycles. The van der Waals surface area contributed by atoms with Crippen molar-refractivity contribution in [2.45, 2.75) is 19.1 Å². The van der Waals surface area contributed by atoms with Gasteiger partial charge in [-0.2, -0.15) is 0 Å². The first kappa shape index (κ1) is 34.2. The number of Topliss-reactive ketones (excluding diaryl/α,β-unsaturated/α-hetero) is 1. The van der Waals surface area contributed by atoms with Crippen LogP contribution >= 0.6 is 0 Å². The van der Waals surface area contributed by atoms with Gasteiger partial charge in [-0.15, -0.1) is 0 Å². The smallest absolute Gasteiger partial charge is 0.408 e. The third-order valence-electron chi connectivity index (χ3n) is 5.98. The Bertz CT molecular complexity index is 1530. The minimum Gasteiger partial charge on any atom is -0.486 e. The van der Waals surface area contributed by atoms with Gasteiger partial charge in [-0.05, 0) is 35.4 Å². The lowest BCUT2D eigenvalue weighted by Crippen LogP contribution is -2.42. The highest BCUT2D eigenvalue weighted by Crippen LogP contribution is 2.18. The normalized spacial score (nSPS) is 10.7. The zero-order valence-corrected chi connectivity index (χ0v) is 24.2. The first-order valence-electron chi connectivity index (χ1n) is 13.6. The molecular weight excluding hydrogens is 602 g/mol. The number of rotatable bonds is 14. The number of nitrogens with zero attached hydrogens (tertiary/aromatic N) is 2. The summed E-state index contributed by atoms with van der Waals surface area (Å²) < 4.78 is 15.4. The van der Waals surface area contributed by atoms with E-state index in [0.29, 0.717) is 11.5 Å². The molecule has 0 heterocycles. The number of nitro benzene ring substituents is 2. The van der Waals surface area contributed by atoms with E-state index in [1.165, 1.54) is 48.5 Å². The Labute approximate surface area is 262 Å². The zero-order valence-electron chi connectivity index (χ0n) is 24.2. The summed E-state index contributed by atoms with van der Waals surface area (Å²) in [6, 6.07) is 27.9. The van der Waals surface area contributed by atoms with E-state index in [2.05, 4.69) is 5.32 Å². The van der Waals surface area contributed by atoms with E-state index >= 15 is 0 Å². The number of carboxylic acids is 1. The fourth-order valence-electron chi connectivity index (χ4n) is 3.65. The highest BCUT2D eigenvalue weighted by Gasteiger charge is 2.21. The van der Waals surface area contributed by atoms with E-state index in [1.807, 2.05) is 60.7 Å². The van der Waals surface area contributed by atoms with Gasteiger partial charge in [-0.25, -0.2) is 9.59 Å². The van der Waals surface area contributed by atoms with Crippen molar-refractivity contribution in [3.63, 3.8) is 0 Å².